The molecule has 0 unspecified atom stereocenters. The second-order valence-corrected chi connectivity index (χ2v) is 5.09. The number of methoxy groups -OCH3 is 2. The largest absolute Gasteiger partial charge is 0.493 e. The molecule has 2 rings (SSSR count). The molecule has 0 fully saturated rings. The highest BCUT2D eigenvalue weighted by Gasteiger charge is 2.03. The second-order valence-electron chi connectivity index (χ2n) is 5.09. The van der Waals surface area contributed by atoms with Gasteiger partial charge in [-0.3, -0.25) is 4.79 Å². The Bertz CT molecular complexity index is 708. The molecule has 23 heavy (non-hydrogen) atoms. The highest BCUT2D eigenvalue weighted by molar-refractivity contribution is 5.91. The van der Waals surface area contributed by atoms with Gasteiger partial charge in [-0.15, -0.1) is 0 Å². The predicted octanol–water partition coefficient (Wildman–Crippen LogP) is 3.34. The van der Waals surface area contributed by atoms with E-state index in [1.54, 1.807) is 20.3 Å². The van der Waals surface area contributed by atoms with Gasteiger partial charge in [0.05, 0.1) is 14.2 Å². The van der Waals surface area contributed by atoms with Gasteiger partial charge in [-0.05, 0) is 41.8 Å². The molecular formula is C19H21NO3. The summed E-state index contributed by atoms with van der Waals surface area (Å²) in [4.78, 5) is 11.9. The van der Waals surface area contributed by atoms with E-state index in [-0.39, 0.29) is 5.91 Å². The Morgan fingerprint density at radius 1 is 1.09 bits per heavy atom. The molecule has 1 N–H and O–H groups in total. The number of hydrogen-bond donors (Lipinski definition) is 1. The summed E-state index contributed by atoms with van der Waals surface area (Å²) in [6.07, 6.45) is 3.26. The molecule has 0 radical (unpaired) electrons. The highest BCUT2D eigenvalue weighted by atomic mass is 16.5. The van der Waals surface area contributed by atoms with Crippen LogP contribution in [0, 0.1) is 6.92 Å². The first-order valence-corrected chi connectivity index (χ1v) is 7.36. The van der Waals surface area contributed by atoms with Crippen LogP contribution in [0.4, 0.5) is 0 Å². The van der Waals surface area contributed by atoms with Crippen molar-refractivity contribution in [3.63, 3.8) is 0 Å². The van der Waals surface area contributed by atoms with Crippen LogP contribution in [0.25, 0.3) is 6.08 Å². The number of amides is 1. The molecule has 0 aliphatic rings. The van der Waals surface area contributed by atoms with E-state index in [1.165, 1.54) is 6.08 Å². The van der Waals surface area contributed by atoms with Gasteiger partial charge < -0.3 is 14.8 Å². The molecule has 120 valence electrons. The number of carbonyl (C=O) groups excluding carboxylic acids is 1. The molecule has 0 bridgehead atoms. The van der Waals surface area contributed by atoms with Gasteiger partial charge in [-0.25, -0.2) is 0 Å². The standard InChI is InChI=1S/C19H21NO3/c1-14-6-4-5-7-16(14)13-20-19(21)11-9-15-8-10-17(22-2)18(12-15)23-3/h4-12H,13H2,1-3H3,(H,20,21)/b11-9+. The average molecular weight is 311 g/mol. The van der Waals surface area contributed by atoms with E-state index in [1.807, 2.05) is 49.4 Å². The molecule has 0 atom stereocenters. The van der Waals surface area contributed by atoms with Crippen LogP contribution in [0.3, 0.4) is 0 Å². The van der Waals surface area contributed by atoms with Gasteiger partial charge in [-0.2, -0.15) is 0 Å². The van der Waals surface area contributed by atoms with Crippen LogP contribution < -0.4 is 14.8 Å². The number of aryl methyl sites for hydroxylation is 1. The molecule has 2 aromatic carbocycles. The summed E-state index contributed by atoms with van der Waals surface area (Å²) in [5.74, 6) is 1.16. The SMILES string of the molecule is COc1ccc(/C=C/C(=O)NCc2ccccc2C)cc1OC. The summed E-state index contributed by atoms with van der Waals surface area (Å²) in [6, 6.07) is 13.5. The average Bonchev–Trinajstić information content (AvgIpc) is 2.58. The molecule has 0 saturated carbocycles. The Hall–Kier alpha value is -2.75. The fourth-order valence-corrected chi connectivity index (χ4v) is 2.18. The molecule has 2 aromatic rings. The van der Waals surface area contributed by atoms with E-state index < -0.39 is 0 Å². The van der Waals surface area contributed by atoms with Gasteiger partial charge in [0.25, 0.3) is 0 Å². The maximum atomic E-state index is 11.9. The maximum Gasteiger partial charge on any atom is 0.244 e. The molecule has 0 saturated heterocycles. The lowest BCUT2D eigenvalue weighted by Gasteiger charge is -2.08. The minimum atomic E-state index is -0.136. The molecular weight excluding hydrogens is 290 g/mol. The van der Waals surface area contributed by atoms with Crippen LogP contribution in [-0.4, -0.2) is 20.1 Å². The van der Waals surface area contributed by atoms with Crippen LogP contribution in [0.2, 0.25) is 0 Å². The monoisotopic (exact) mass is 311 g/mol. The topological polar surface area (TPSA) is 47.6 Å². The number of nitrogens with one attached hydrogen (secondary N) is 1. The van der Waals surface area contributed by atoms with E-state index in [2.05, 4.69) is 5.32 Å². The van der Waals surface area contributed by atoms with Crippen molar-refractivity contribution in [2.45, 2.75) is 13.5 Å². The first-order chi connectivity index (χ1) is 11.1. The molecule has 0 aliphatic carbocycles. The lowest BCUT2D eigenvalue weighted by Crippen LogP contribution is -2.20. The minimum Gasteiger partial charge on any atom is -0.493 e. The summed E-state index contributed by atoms with van der Waals surface area (Å²) in [5, 5.41) is 2.88. The Morgan fingerprint density at radius 3 is 2.52 bits per heavy atom. The van der Waals surface area contributed by atoms with Crippen molar-refractivity contribution in [3.05, 3.63) is 65.2 Å². The predicted molar refractivity (Wildman–Crippen MR) is 91.6 cm³/mol. The molecule has 0 spiro atoms. The van der Waals surface area contributed by atoms with Crippen LogP contribution in [0.5, 0.6) is 11.5 Å². The lowest BCUT2D eigenvalue weighted by atomic mass is 10.1. The van der Waals surface area contributed by atoms with Crippen molar-refractivity contribution in [2.24, 2.45) is 0 Å². The first-order valence-electron chi connectivity index (χ1n) is 7.36. The third-order valence-corrected chi connectivity index (χ3v) is 3.55. The smallest absolute Gasteiger partial charge is 0.244 e. The molecule has 4 heteroatoms. The summed E-state index contributed by atoms with van der Waals surface area (Å²) in [6.45, 7) is 2.54. The third kappa shape index (κ3) is 4.61. The maximum absolute atomic E-state index is 11.9. The number of ether oxygens (including phenoxy) is 2. The van der Waals surface area contributed by atoms with Crippen molar-refractivity contribution in [3.8, 4) is 11.5 Å². The molecule has 4 nitrogen and oxygen atoms in total. The zero-order valence-electron chi connectivity index (χ0n) is 13.6. The van der Waals surface area contributed by atoms with Gasteiger partial charge in [-0.1, -0.05) is 30.3 Å². The summed E-state index contributed by atoms with van der Waals surface area (Å²) >= 11 is 0. The highest BCUT2D eigenvalue weighted by Crippen LogP contribution is 2.27. The molecule has 1 amide bonds. The lowest BCUT2D eigenvalue weighted by molar-refractivity contribution is -0.116. The fourth-order valence-electron chi connectivity index (χ4n) is 2.18. The molecule has 0 aromatic heterocycles. The van der Waals surface area contributed by atoms with Gasteiger partial charge >= 0.3 is 0 Å². The van der Waals surface area contributed by atoms with Crippen LogP contribution in [0.15, 0.2) is 48.5 Å². The third-order valence-electron chi connectivity index (χ3n) is 3.55. The number of rotatable bonds is 6. The number of hydrogen-bond acceptors (Lipinski definition) is 3. The Kier molecular flexibility index (Phi) is 5.80. The van der Waals surface area contributed by atoms with Crippen molar-refractivity contribution in [2.75, 3.05) is 14.2 Å². The van der Waals surface area contributed by atoms with E-state index in [4.69, 9.17) is 9.47 Å². The van der Waals surface area contributed by atoms with Crippen molar-refractivity contribution in [1.29, 1.82) is 0 Å². The van der Waals surface area contributed by atoms with E-state index in [9.17, 15) is 4.79 Å². The zero-order valence-corrected chi connectivity index (χ0v) is 13.6. The minimum absolute atomic E-state index is 0.136. The van der Waals surface area contributed by atoms with Crippen LogP contribution >= 0.6 is 0 Å². The van der Waals surface area contributed by atoms with Crippen molar-refractivity contribution >= 4 is 12.0 Å². The van der Waals surface area contributed by atoms with E-state index in [0.29, 0.717) is 18.0 Å². The summed E-state index contributed by atoms with van der Waals surface area (Å²) < 4.78 is 10.4. The van der Waals surface area contributed by atoms with Gasteiger partial charge in [0, 0.05) is 12.6 Å². The Labute approximate surface area is 136 Å². The summed E-state index contributed by atoms with van der Waals surface area (Å²) in [7, 11) is 3.17. The van der Waals surface area contributed by atoms with Gasteiger partial charge in [0.2, 0.25) is 5.91 Å². The number of benzene rings is 2. The van der Waals surface area contributed by atoms with Crippen molar-refractivity contribution in [1.82, 2.24) is 5.32 Å². The Morgan fingerprint density at radius 2 is 1.83 bits per heavy atom. The fraction of sp³-hybridized carbons (Fsp3) is 0.211. The van der Waals surface area contributed by atoms with Gasteiger partial charge in [0.1, 0.15) is 0 Å². The van der Waals surface area contributed by atoms with E-state index >= 15 is 0 Å². The quantitative estimate of drug-likeness (QED) is 0.832. The second kappa shape index (κ2) is 8.03. The molecule has 0 aliphatic heterocycles. The first kappa shape index (κ1) is 16.6. The molecule has 0 heterocycles. The van der Waals surface area contributed by atoms with E-state index in [0.717, 1.165) is 16.7 Å². The summed E-state index contributed by atoms with van der Waals surface area (Å²) in [5.41, 5.74) is 3.14. The Balaban J connectivity index is 1.97. The van der Waals surface area contributed by atoms with Crippen LogP contribution in [-0.2, 0) is 11.3 Å². The van der Waals surface area contributed by atoms with Gasteiger partial charge in [0.15, 0.2) is 11.5 Å². The normalized spacial score (nSPS) is 10.6. The van der Waals surface area contributed by atoms with Crippen LogP contribution in [0.1, 0.15) is 16.7 Å². The zero-order chi connectivity index (χ0) is 16.7. The van der Waals surface area contributed by atoms with Crippen molar-refractivity contribution < 1.29 is 14.3 Å². The number of carbonyl (C=O) groups is 1.